The van der Waals surface area contributed by atoms with E-state index in [1.54, 1.807) is 16.6 Å². The maximum absolute atomic E-state index is 12.3. The molecular formula is C20H18ClN5O2. The van der Waals surface area contributed by atoms with Crippen molar-refractivity contribution in [3.63, 3.8) is 0 Å². The van der Waals surface area contributed by atoms with Gasteiger partial charge >= 0.3 is 0 Å². The van der Waals surface area contributed by atoms with Crippen molar-refractivity contribution < 1.29 is 9.21 Å². The number of hydrogen-bond donors (Lipinski definition) is 1. The maximum Gasteiger partial charge on any atom is 0.252 e. The van der Waals surface area contributed by atoms with E-state index >= 15 is 0 Å². The molecule has 1 amide bonds. The molecule has 0 aliphatic carbocycles. The van der Waals surface area contributed by atoms with Crippen molar-refractivity contribution in [1.29, 1.82) is 0 Å². The van der Waals surface area contributed by atoms with Gasteiger partial charge in [0.1, 0.15) is 11.5 Å². The quantitative estimate of drug-likeness (QED) is 0.558. The summed E-state index contributed by atoms with van der Waals surface area (Å²) in [6.45, 7) is 4.11. The summed E-state index contributed by atoms with van der Waals surface area (Å²) < 4.78 is 7.42. The molecular weight excluding hydrogens is 378 g/mol. The van der Waals surface area contributed by atoms with Crippen molar-refractivity contribution in [1.82, 2.24) is 24.9 Å². The lowest BCUT2D eigenvalue weighted by molar-refractivity contribution is -0.120. The highest BCUT2D eigenvalue weighted by molar-refractivity contribution is 6.30. The van der Waals surface area contributed by atoms with Crippen LogP contribution in [0.1, 0.15) is 23.0 Å². The van der Waals surface area contributed by atoms with E-state index in [1.165, 1.54) is 0 Å². The fourth-order valence-corrected chi connectivity index (χ4v) is 3.04. The van der Waals surface area contributed by atoms with E-state index in [1.807, 2.05) is 44.2 Å². The van der Waals surface area contributed by atoms with Crippen LogP contribution in [0.5, 0.6) is 0 Å². The predicted molar refractivity (Wildman–Crippen MR) is 105 cm³/mol. The van der Waals surface area contributed by atoms with Crippen molar-refractivity contribution in [3.8, 4) is 11.3 Å². The summed E-state index contributed by atoms with van der Waals surface area (Å²) in [4.78, 5) is 20.9. The molecule has 1 aromatic carbocycles. The number of carbonyl (C=O) groups excluding carboxylic acids is 1. The molecule has 0 aliphatic rings. The zero-order valence-electron chi connectivity index (χ0n) is 15.4. The number of aryl methyl sites for hydroxylation is 2. The van der Waals surface area contributed by atoms with Gasteiger partial charge in [0.05, 0.1) is 13.0 Å². The van der Waals surface area contributed by atoms with E-state index in [-0.39, 0.29) is 18.9 Å². The SMILES string of the molecule is Cc1cc(C)n2nc(CC(=O)NCc3ccc(-c4ccc(Cl)cc4)o3)nc2n1. The Morgan fingerprint density at radius 3 is 2.71 bits per heavy atom. The predicted octanol–water partition coefficient (Wildman–Crippen LogP) is 3.51. The van der Waals surface area contributed by atoms with Gasteiger partial charge in [0.25, 0.3) is 5.78 Å². The molecule has 3 aromatic heterocycles. The first-order valence-corrected chi connectivity index (χ1v) is 9.17. The molecule has 0 atom stereocenters. The average Bonchev–Trinajstić information content (AvgIpc) is 3.27. The van der Waals surface area contributed by atoms with E-state index in [4.69, 9.17) is 16.0 Å². The minimum Gasteiger partial charge on any atom is -0.459 e. The Labute approximate surface area is 166 Å². The number of furan rings is 1. The van der Waals surface area contributed by atoms with Crippen molar-refractivity contribution in [3.05, 3.63) is 70.5 Å². The molecule has 0 bridgehead atoms. The molecule has 0 fully saturated rings. The summed E-state index contributed by atoms with van der Waals surface area (Å²) in [6.07, 6.45) is 0.0760. The van der Waals surface area contributed by atoms with Crippen LogP contribution in [0.4, 0.5) is 0 Å². The van der Waals surface area contributed by atoms with Gasteiger partial charge in [0.2, 0.25) is 5.91 Å². The van der Waals surface area contributed by atoms with Gasteiger partial charge in [-0.15, -0.1) is 5.10 Å². The van der Waals surface area contributed by atoms with Crippen molar-refractivity contribution in [2.45, 2.75) is 26.8 Å². The molecule has 0 spiro atoms. The summed E-state index contributed by atoms with van der Waals surface area (Å²) in [7, 11) is 0. The minimum absolute atomic E-state index is 0.0760. The third-order valence-electron chi connectivity index (χ3n) is 4.23. The number of hydrogen-bond acceptors (Lipinski definition) is 5. The monoisotopic (exact) mass is 395 g/mol. The van der Waals surface area contributed by atoms with Gasteiger partial charge in [0.15, 0.2) is 5.82 Å². The van der Waals surface area contributed by atoms with E-state index in [9.17, 15) is 4.79 Å². The second-order valence-corrected chi connectivity index (χ2v) is 6.94. The number of amides is 1. The van der Waals surface area contributed by atoms with Crippen LogP contribution in [0.15, 0.2) is 46.9 Å². The van der Waals surface area contributed by atoms with Gasteiger partial charge in [-0.25, -0.2) is 9.50 Å². The fraction of sp³-hybridized carbons (Fsp3) is 0.200. The Bertz CT molecular complexity index is 1150. The highest BCUT2D eigenvalue weighted by atomic mass is 35.5. The highest BCUT2D eigenvalue weighted by Gasteiger charge is 2.12. The normalized spacial score (nSPS) is 11.1. The summed E-state index contributed by atoms with van der Waals surface area (Å²) in [6, 6.07) is 13.0. The molecule has 0 saturated carbocycles. The summed E-state index contributed by atoms with van der Waals surface area (Å²) >= 11 is 5.90. The summed E-state index contributed by atoms with van der Waals surface area (Å²) in [5, 5.41) is 7.85. The van der Waals surface area contributed by atoms with Gasteiger partial charge in [-0.2, -0.15) is 4.98 Å². The Hall–Kier alpha value is -3.19. The number of nitrogens with one attached hydrogen (secondary N) is 1. The number of halogens is 1. The van der Waals surface area contributed by atoms with Gasteiger partial charge in [-0.3, -0.25) is 4.79 Å². The van der Waals surface area contributed by atoms with E-state index < -0.39 is 0 Å². The molecule has 28 heavy (non-hydrogen) atoms. The van der Waals surface area contributed by atoms with Crippen LogP contribution >= 0.6 is 11.6 Å². The van der Waals surface area contributed by atoms with Gasteiger partial charge in [-0.1, -0.05) is 11.6 Å². The third kappa shape index (κ3) is 3.89. The molecule has 0 unspecified atom stereocenters. The van der Waals surface area contributed by atoms with Crippen LogP contribution in [-0.4, -0.2) is 25.5 Å². The topological polar surface area (TPSA) is 85.3 Å². The third-order valence-corrected chi connectivity index (χ3v) is 4.48. The first-order valence-electron chi connectivity index (χ1n) is 8.79. The Morgan fingerprint density at radius 2 is 1.93 bits per heavy atom. The molecule has 4 aromatic rings. The number of benzene rings is 1. The Morgan fingerprint density at radius 1 is 1.14 bits per heavy atom. The molecule has 1 N–H and O–H groups in total. The molecule has 142 valence electrons. The first-order chi connectivity index (χ1) is 13.5. The first kappa shape index (κ1) is 18.2. The van der Waals surface area contributed by atoms with E-state index in [2.05, 4.69) is 20.4 Å². The fourth-order valence-electron chi connectivity index (χ4n) is 2.92. The number of aromatic nitrogens is 4. The zero-order chi connectivity index (χ0) is 19.7. The second-order valence-electron chi connectivity index (χ2n) is 6.51. The molecule has 0 radical (unpaired) electrons. The lowest BCUT2D eigenvalue weighted by Gasteiger charge is -2.01. The van der Waals surface area contributed by atoms with E-state index in [0.29, 0.717) is 22.4 Å². The van der Waals surface area contributed by atoms with Crippen molar-refractivity contribution in [2.24, 2.45) is 0 Å². The molecule has 3 heterocycles. The Kier molecular flexibility index (Phi) is 4.83. The number of rotatable bonds is 5. The number of nitrogens with zero attached hydrogens (tertiary/aromatic N) is 4. The smallest absolute Gasteiger partial charge is 0.252 e. The largest absolute Gasteiger partial charge is 0.459 e. The lowest BCUT2D eigenvalue weighted by Crippen LogP contribution is -2.24. The highest BCUT2D eigenvalue weighted by Crippen LogP contribution is 2.23. The zero-order valence-corrected chi connectivity index (χ0v) is 16.2. The minimum atomic E-state index is -0.185. The van der Waals surface area contributed by atoms with Crippen LogP contribution < -0.4 is 5.32 Å². The summed E-state index contributed by atoms with van der Waals surface area (Å²) in [5.41, 5.74) is 2.71. The molecule has 0 saturated heterocycles. The Balaban J connectivity index is 1.38. The van der Waals surface area contributed by atoms with Gasteiger partial charge in [0, 0.05) is 22.0 Å². The van der Waals surface area contributed by atoms with Crippen molar-refractivity contribution in [2.75, 3.05) is 0 Å². The molecule has 8 heteroatoms. The van der Waals surface area contributed by atoms with Crippen LogP contribution in [0, 0.1) is 13.8 Å². The van der Waals surface area contributed by atoms with Crippen LogP contribution in [0.25, 0.3) is 17.1 Å². The van der Waals surface area contributed by atoms with Crippen LogP contribution in [0.2, 0.25) is 5.02 Å². The summed E-state index contributed by atoms with van der Waals surface area (Å²) in [5.74, 6) is 2.13. The second kappa shape index (κ2) is 7.44. The van der Waals surface area contributed by atoms with Gasteiger partial charge < -0.3 is 9.73 Å². The van der Waals surface area contributed by atoms with E-state index in [0.717, 1.165) is 22.7 Å². The van der Waals surface area contributed by atoms with Crippen LogP contribution in [-0.2, 0) is 17.8 Å². The maximum atomic E-state index is 12.3. The average molecular weight is 396 g/mol. The van der Waals surface area contributed by atoms with Crippen molar-refractivity contribution >= 4 is 23.3 Å². The van der Waals surface area contributed by atoms with Crippen LogP contribution in [0.3, 0.4) is 0 Å². The molecule has 7 nitrogen and oxygen atoms in total. The number of carbonyl (C=O) groups is 1. The lowest BCUT2D eigenvalue weighted by atomic mass is 10.2. The molecule has 4 rings (SSSR count). The standard InChI is InChI=1S/C20H18ClN5O2/c1-12-9-13(2)26-20(23-12)24-18(25-26)10-19(27)22-11-16-7-8-17(28-16)14-3-5-15(21)6-4-14/h3-9H,10-11H2,1-2H3,(H,22,27). The number of fused-ring (bicyclic) bond motifs is 1. The molecule has 0 aliphatic heterocycles. The van der Waals surface area contributed by atoms with Gasteiger partial charge in [-0.05, 0) is 56.3 Å².